The lowest BCUT2D eigenvalue weighted by molar-refractivity contribution is -0.115. The van der Waals surface area contributed by atoms with Crippen LogP contribution in [-0.4, -0.2) is 24.3 Å². The fourth-order valence-electron chi connectivity index (χ4n) is 3.19. The maximum Gasteiger partial charge on any atom is 0.256 e. The van der Waals surface area contributed by atoms with Gasteiger partial charge in [-0.15, -0.1) is 0 Å². The van der Waals surface area contributed by atoms with Gasteiger partial charge in [0, 0.05) is 11.1 Å². The van der Waals surface area contributed by atoms with Crippen LogP contribution in [0.15, 0.2) is 53.2 Å². The summed E-state index contributed by atoms with van der Waals surface area (Å²) in [5.41, 5.74) is 5.01. The molecule has 0 unspecified atom stereocenters. The number of para-hydroxylation sites is 1. The number of hydrogen-bond donors (Lipinski definition) is 3. The maximum absolute atomic E-state index is 12.6. The van der Waals surface area contributed by atoms with Crippen LogP contribution in [0.4, 0.5) is 11.4 Å². The van der Waals surface area contributed by atoms with Gasteiger partial charge in [-0.1, -0.05) is 29.8 Å². The second kappa shape index (κ2) is 9.37. The third kappa shape index (κ3) is 5.12. The Kier molecular flexibility index (Phi) is 6.64. The van der Waals surface area contributed by atoms with E-state index in [9.17, 15) is 14.4 Å². The average molecular weight is 422 g/mol. The Bertz CT molecular complexity index is 1070. The van der Waals surface area contributed by atoms with Crippen molar-refractivity contribution in [1.29, 1.82) is 0 Å². The number of nitrogens with one attached hydrogen (secondary N) is 3. The van der Waals surface area contributed by atoms with Gasteiger partial charge in [0.15, 0.2) is 0 Å². The number of amides is 3. The third-order valence-electron chi connectivity index (χ3n) is 4.55. The van der Waals surface area contributed by atoms with Crippen molar-refractivity contribution in [2.24, 2.45) is 0 Å². The first-order valence-electron chi connectivity index (χ1n) is 9.43. The summed E-state index contributed by atoms with van der Waals surface area (Å²) < 4.78 is 0. The van der Waals surface area contributed by atoms with Gasteiger partial charge in [-0.2, -0.15) is 11.3 Å². The van der Waals surface area contributed by atoms with Crippen LogP contribution in [0.3, 0.4) is 0 Å². The van der Waals surface area contributed by atoms with Crippen LogP contribution in [0.2, 0.25) is 0 Å². The molecule has 0 atom stereocenters. The molecule has 3 N–H and O–H groups in total. The van der Waals surface area contributed by atoms with Crippen LogP contribution < -0.4 is 16.0 Å². The van der Waals surface area contributed by atoms with Crippen molar-refractivity contribution in [2.75, 3.05) is 17.2 Å². The molecule has 0 aliphatic rings. The molecule has 154 valence electrons. The topological polar surface area (TPSA) is 87.3 Å². The molecule has 2 aromatic carbocycles. The SMILES string of the molecule is Cc1cc(C)c(NC(=O)CNC(=O)c2ccccc2NC(=O)c2ccsc2)c(C)c1. The number of carbonyl (C=O) groups excluding carboxylic acids is 3. The molecule has 3 amide bonds. The zero-order valence-electron chi connectivity index (χ0n) is 17.0. The monoisotopic (exact) mass is 421 g/mol. The summed E-state index contributed by atoms with van der Waals surface area (Å²) in [5.74, 6) is -1.05. The quantitative estimate of drug-likeness (QED) is 0.555. The molecular weight excluding hydrogens is 398 g/mol. The standard InChI is InChI=1S/C23H23N3O3S/c1-14-10-15(2)21(16(3)11-14)26-20(27)12-24-23(29)18-6-4-5-7-19(18)25-22(28)17-8-9-30-13-17/h4-11,13H,12H2,1-3H3,(H,24,29)(H,25,28)(H,26,27). The number of carbonyl (C=O) groups is 3. The highest BCUT2D eigenvalue weighted by molar-refractivity contribution is 7.08. The molecule has 0 aliphatic carbocycles. The third-order valence-corrected chi connectivity index (χ3v) is 5.24. The predicted octanol–water partition coefficient (Wildman–Crippen LogP) is 4.29. The summed E-state index contributed by atoms with van der Waals surface area (Å²) in [6.45, 7) is 5.68. The van der Waals surface area contributed by atoms with Crippen molar-refractivity contribution in [3.8, 4) is 0 Å². The molecule has 1 heterocycles. The second-order valence-electron chi connectivity index (χ2n) is 7.02. The molecule has 0 spiro atoms. The zero-order valence-corrected chi connectivity index (χ0v) is 17.9. The van der Waals surface area contributed by atoms with E-state index in [1.807, 2.05) is 38.3 Å². The lowest BCUT2D eigenvalue weighted by Crippen LogP contribution is -2.33. The van der Waals surface area contributed by atoms with Crippen LogP contribution in [-0.2, 0) is 4.79 Å². The number of aryl methyl sites for hydroxylation is 3. The zero-order chi connectivity index (χ0) is 21.7. The van der Waals surface area contributed by atoms with E-state index >= 15 is 0 Å². The van der Waals surface area contributed by atoms with Crippen LogP contribution in [0.1, 0.15) is 37.4 Å². The van der Waals surface area contributed by atoms with Gasteiger partial charge in [0.2, 0.25) is 5.91 Å². The number of benzene rings is 2. The van der Waals surface area contributed by atoms with E-state index in [1.165, 1.54) is 11.3 Å². The molecule has 1 aromatic heterocycles. The first kappa shape index (κ1) is 21.3. The van der Waals surface area contributed by atoms with Gasteiger partial charge in [-0.3, -0.25) is 14.4 Å². The lowest BCUT2D eigenvalue weighted by Gasteiger charge is -2.14. The molecule has 0 aliphatic heterocycles. The highest BCUT2D eigenvalue weighted by Crippen LogP contribution is 2.22. The van der Waals surface area contributed by atoms with Gasteiger partial charge in [0.05, 0.1) is 23.4 Å². The summed E-state index contributed by atoms with van der Waals surface area (Å²) in [6, 6.07) is 12.4. The van der Waals surface area contributed by atoms with Crippen molar-refractivity contribution in [3.05, 3.63) is 81.0 Å². The minimum Gasteiger partial charge on any atom is -0.343 e. The summed E-state index contributed by atoms with van der Waals surface area (Å²) in [6.07, 6.45) is 0. The lowest BCUT2D eigenvalue weighted by atomic mass is 10.1. The molecule has 3 aromatic rings. The van der Waals surface area contributed by atoms with Crippen LogP contribution in [0.5, 0.6) is 0 Å². The smallest absolute Gasteiger partial charge is 0.256 e. The molecule has 0 fully saturated rings. The highest BCUT2D eigenvalue weighted by Gasteiger charge is 2.16. The van der Waals surface area contributed by atoms with E-state index in [2.05, 4.69) is 16.0 Å². The number of anilines is 2. The van der Waals surface area contributed by atoms with E-state index < -0.39 is 5.91 Å². The number of hydrogen-bond acceptors (Lipinski definition) is 4. The molecule has 0 saturated carbocycles. The Labute approximate surface area is 179 Å². The Balaban J connectivity index is 1.64. The van der Waals surface area contributed by atoms with Crippen molar-refractivity contribution < 1.29 is 14.4 Å². The first-order chi connectivity index (χ1) is 14.3. The van der Waals surface area contributed by atoms with Gasteiger partial charge in [0.1, 0.15) is 0 Å². The molecule has 3 rings (SSSR count). The number of rotatable bonds is 6. The fourth-order valence-corrected chi connectivity index (χ4v) is 3.83. The van der Waals surface area contributed by atoms with Crippen molar-refractivity contribution in [3.63, 3.8) is 0 Å². The van der Waals surface area contributed by atoms with Crippen molar-refractivity contribution >= 4 is 40.4 Å². The first-order valence-corrected chi connectivity index (χ1v) is 10.4. The number of thiophene rings is 1. The minimum atomic E-state index is -0.441. The predicted molar refractivity (Wildman–Crippen MR) is 120 cm³/mol. The van der Waals surface area contributed by atoms with E-state index in [0.717, 1.165) is 22.4 Å². The molecule has 7 heteroatoms. The van der Waals surface area contributed by atoms with Gasteiger partial charge in [-0.25, -0.2) is 0 Å². The second-order valence-corrected chi connectivity index (χ2v) is 7.80. The Hall–Kier alpha value is -3.45. The van der Waals surface area contributed by atoms with E-state index in [0.29, 0.717) is 11.3 Å². The molecule has 6 nitrogen and oxygen atoms in total. The molecular formula is C23H23N3O3S. The summed E-state index contributed by atoms with van der Waals surface area (Å²) in [7, 11) is 0. The molecule has 0 bridgehead atoms. The van der Waals surface area contributed by atoms with Crippen LogP contribution in [0.25, 0.3) is 0 Å². The van der Waals surface area contributed by atoms with Gasteiger partial charge in [-0.05, 0) is 55.5 Å². The van der Waals surface area contributed by atoms with Gasteiger partial charge < -0.3 is 16.0 Å². The normalized spacial score (nSPS) is 10.4. The summed E-state index contributed by atoms with van der Waals surface area (Å²) in [5, 5.41) is 11.8. The van der Waals surface area contributed by atoms with Gasteiger partial charge in [0.25, 0.3) is 11.8 Å². The minimum absolute atomic E-state index is 0.182. The maximum atomic E-state index is 12.6. The molecule has 0 radical (unpaired) electrons. The fraction of sp³-hybridized carbons (Fsp3) is 0.174. The van der Waals surface area contributed by atoms with E-state index in [1.54, 1.807) is 35.7 Å². The highest BCUT2D eigenvalue weighted by atomic mass is 32.1. The van der Waals surface area contributed by atoms with E-state index in [-0.39, 0.29) is 23.9 Å². The molecule has 30 heavy (non-hydrogen) atoms. The summed E-state index contributed by atoms with van der Waals surface area (Å²) in [4.78, 5) is 37.3. The molecule has 0 saturated heterocycles. The van der Waals surface area contributed by atoms with Crippen LogP contribution >= 0.6 is 11.3 Å². The van der Waals surface area contributed by atoms with Crippen molar-refractivity contribution in [1.82, 2.24) is 5.32 Å². The average Bonchev–Trinajstić information content (AvgIpc) is 3.24. The van der Waals surface area contributed by atoms with Crippen molar-refractivity contribution in [2.45, 2.75) is 20.8 Å². The largest absolute Gasteiger partial charge is 0.343 e. The van der Waals surface area contributed by atoms with Crippen LogP contribution in [0, 0.1) is 20.8 Å². The Morgan fingerprint density at radius 3 is 2.27 bits per heavy atom. The Morgan fingerprint density at radius 1 is 0.900 bits per heavy atom. The Morgan fingerprint density at radius 2 is 1.60 bits per heavy atom. The van der Waals surface area contributed by atoms with E-state index in [4.69, 9.17) is 0 Å². The van der Waals surface area contributed by atoms with Gasteiger partial charge >= 0.3 is 0 Å². The summed E-state index contributed by atoms with van der Waals surface area (Å²) >= 11 is 1.42.